The van der Waals surface area contributed by atoms with E-state index in [2.05, 4.69) is 22.9 Å². The van der Waals surface area contributed by atoms with E-state index < -0.39 is 0 Å². The van der Waals surface area contributed by atoms with Crippen molar-refractivity contribution >= 4 is 27.7 Å². The highest BCUT2D eigenvalue weighted by Crippen LogP contribution is 2.23. The number of likely N-dealkylation sites (tertiary alicyclic amines) is 2. The fourth-order valence-electron chi connectivity index (χ4n) is 2.84. The molecule has 0 N–H and O–H groups in total. The van der Waals surface area contributed by atoms with Gasteiger partial charge in [-0.25, -0.2) is 0 Å². The molecule has 2 saturated heterocycles. The Morgan fingerprint density at radius 3 is 2.44 bits per heavy atom. The maximum atomic E-state index is 12.5. The summed E-state index contributed by atoms with van der Waals surface area (Å²) in [5.41, 5.74) is 0. The first-order valence-corrected chi connectivity index (χ1v) is 7.90. The topological polar surface area (TPSA) is 40.6 Å². The van der Waals surface area contributed by atoms with Crippen LogP contribution < -0.4 is 0 Å². The van der Waals surface area contributed by atoms with Crippen molar-refractivity contribution in [3.8, 4) is 0 Å². The van der Waals surface area contributed by atoms with Crippen molar-refractivity contribution in [2.24, 2.45) is 5.92 Å². The summed E-state index contributed by atoms with van der Waals surface area (Å²) in [5, 5.41) is 0.313. The van der Waals surface area contributed by atoms with E-state index in [1.807, 2.05) is 4.90 Å². The molecule has 2 fully saturated rings. The van der Waals surface area contributed by atoms with Gasteiger partial charge in [0.25, 0.3) is 0 Å². The van der Waals surface area contributed by atoms with Crippen LogP contribution in [0.3, 0.4) is 0 Å². The van der Waals surface area contributed by atoms with Crippen LogP contribution in [0.1, 0.15) is 32.6 Å². The average molecular weight is 317 g/mol. The van der Waals surface area contributed by atoms with Crippen molar-refractivity contribution in [2.45, 2.75) is 38.6 Å². The van der Waals surface area contributed by atoms with E-state index in [1.165, 1.54) is 0 Å². The highest BCUT2D eigenvalue weighted by Gasteiger charge is 2.36. The number of alkyl halides is 1. The van der Waals surface area contributed by atoms with Gasteiger partial charge in [-0.1, -0.05) is 22.9 Å². The zero-order valence-corrected chi connectivity index (χ0v) is 12.5. The van der Waals surface area contributed by atoms with Gasteiger partial charge < -0.3 is 9.80 Å². The number of halogens is 1. The molecule has 102 valence electrons. The lowest BCUT2D eigenvalue weighted by Crippen LogP contribution is -2.50. The Balaban J connectivity index is 1.97. The first-order valence-electron chi connectivity index (χ1n) is 6.77. The van der Waals surface area contributed by atoms with Crippen molar-refractivity contribution in [1.29, 1.82) is 0 Å². The van der Waals surface area contributed by atoms with Crippen LogP contribution >= 0.6 is 15.9 Å². The molecule has 2 rings (SSSR count). The number of amides is 2. The normalized spacial score (nSPS) is 25.6. The second kappa shape index (κ2) is 6.04. The number of rotatable bonds is 2. The first kappa shape index (κ1) is 13.8. The molecule has 0 spiro atoms. The van der Waals surface area contributed by atoms with Crippen LogP contribution in [-0.2, 0) is 9.59 Å². The van der Waals surface area contributed by atoms with Gasteiger partial charge in [-0.15, -0.1) is 0 Å². The van der Waals surface area contributed by atoms with Gasteiger partial charge in [-0.05, 0) is 31.6 Å². The molecular formula is C13H21BrN2O2. The van der Waals surface area contributed by atoms with Gasteiger partial charge in [-0.3, -0.25) is 9.59 Å². The molecule has 0 aliphatic carbocycles. The Kier molecular flexibility index (Phi) is 4.65. The van der Waals surface area contributed by atoms with Gasteiger partial charge in [0.15, 0.2) is 0 Å². The lowest BCUT2D eigenvalue weighted by molar-refractivity contribution is -0.143. The lowest BCUT2D eigenvalue weighted by atomic mass is 9.98. The van der Waals surface area contributed by atoms with Crippen molar-refractivity contribution in [1.82, 2.24) is 9.80 Å². The highest BCUT2D eigenvalue weighted by atomic mass is 79.9. The van der Waals surface area contributed by atoms with Gasteiger partial charge >= 0.3 is 0 Å². The summed E-state index contributed by atoms with van der Waals surface area (Å²) in [6, 6.07) is -0.205. The number of carbonyl (C=O) groups is 2. The minimum Gasteiger partial charge on any atom is -0.341 e. The second-order valence-corrected chi connectivity index (χ2v) is 5.95. The molecule has 2 aliphatic rings. The van der Waals surface area contributed by atoms with Crippen LogP contribution in [-0.4, -0.2) is 52.6 Å². The minimum absolute atomic E-state index is 0.0382. The molecule has 1 atom stereocenters. The average Bonchev–Trinajstić information content (AvgIpc) is 2.87. The first-order chi connectivity index (χ1) is 8.63. The summed E-state index contributed by atoms with van der Waals surface area (Å²) in [5.74, 6) is 0.919. The molecule has 0 aromatic rings. The zero-order valence-electron chi connectivity index (χ0n) is 10.9. The Morgan fingerprint density at radius 1 is 1.17 bits per heavy atom. The van der Waals surface area contributed by atoms with E-state index in [4.69, 9.17) is 0 Å². The Bertz CT molecular complexity index is 327. The molecule has 0 aromatic heterocycles. The Hall–Kier alpha value is -0.580. The van der Waals surface area contributed by atoms with E-state index >= 15 is 0 Å². The third-order valence-electron chi connectivity index (χ3n) is 4.07. The lowest BCUT2D eigenvalue weighted by Gasteiger charge is -2.34. The Morgan fingerprint density at radius 2 is 1.83 bits per heavy atom. The summed E-state index contributed by atoms with van der Waals surface area (Å²) >= 11 is 3.19. The summed E-state index contributed by atoms with van der Waals surface area (Å²) in [6.07, 6.45) is 3.94. The van der Waals surface area contributed by atoms with E-state index in [0.29, 0.717) is 5.33 Å². The fraction of sp³-hybridized carbons (Fsp3) is 0.846. The van der Waals surface area contributed by atoms with Crippen molar-refractivity contribution in [3.63, 3.8) is 0 Å². The van der Waals surface area contributed by atoms with Crippen LogP contribution in [0.2, 0.25) is 0 Å². The predicted octanol–water partition coefficient (Wildman–Crippen LogP) is 1.63. The molecular weight excluding hydrogens is 296 g/mol. The summed E-state index contributed by atoms with van der Waals surface area (Å²) in [4.78, 5) is 27.9. The summed E-state index contributed by atoms with van der Waals surface area (Å²) < 4.78 is 0. The highest BCUT2D eigenvalue weighted by molar-refractivity contribution is 9.09. The smallest absolute Gasteiger partial charge is 0.245 e. The van der Waals surface area contributed by atoms with Crippen LogP contribution in [0.25, 0.3) is 0 Å². The standard InChI is InChI=1S/C13H21BrN2O2/c1-10-4-7-15(8-5-10)13(18)11-3-2-6-16(11)12(17)9-14/h10-11H,2-9H2,1H3/t11-/m1/s1. The molecule has 2 aliphatic heterocycles. The molecule has 0 aromatic carbocycles. The van der Waals surface area contributed by atoms with Crippen molar-refractivity contribution in [3.05, 3.63) is 0 Å². The monoisotopic (exact) mass is 316 g/mol. The molecule has 2 amide bonds. The van der Waals surface area contributed by atoms with Crippen LogP contribution in [0, 0.1) is 5.92 Å². The molecule has 4 nitrogen and oxygen atoms in total. The maximum absolute atomic E-state index is 12.5. The van der Waals surface area contributed by atoms with Crippen LogP contribution in [0.4, 0.5) is 0 Å². The third kappa shape index (κ3) is 2.87. The fourth-order valence-corrected chi connectivity index (χ4v) is 3.16. The largest absolute Gasteiger partial charge is 0.341 e. The predicted molar refractivity (Wildman–Crippen MR) is 73.5 cm³/mol. The molecule has 18 heavy (non-hydrogen) atoms. The molecule has 0 radical (unpaired) electrons. The third-order valence-corrected chi connectivity index (χ3v) is 4.55. The SMILES string of the molecule is CC1CCN(C(=O)[C@H]2CCCN2C(=O)CBr)CC1. The minimum atomic E-state index is -0.205. The van der Waals surface area contributed by atoms with Gasteiger partial charge in [0.2, 0.25) is 11.8 Å². The number of hydrogen-bond donors (Lipinski definition) is 0. The number of carbonyl (C=O) groups excluding carboxylic acids is 2. The summed E-state index contributed by atoms with van der Waals surface area (Å²) in [6.45, 7) is 4.67. The zero-order chi connectivity index (χ0) is 13.1. The molecule has 0 saturated carbocycles. The van der Waals surface area contributed by atoms with Crippen LogP contribution in [0.5, 0.6) is 0 Å². The van der Waals surface area contributed by atoms with E-state index in [0.717, 1.165) is 51.2 Å². The van der Waals surface area contributed by atoms with Gasteiger partial charge in [0.05, 0.1) is 5.33 Å². The second-order valence-electron chi connectivity index (χ2n) is 5.39. The Labute approximate surface area is 117 Å². The molecule has 2 heterocycles. The van der Waals surface area contributed by atoms with Crippen molar-refractivity contribution in [2.75, 3.05) is 25.0 Å². The van der Waals surface area contributed by atoms with E-state index in [-0.39, 0.29) is 17.9 Å². The van der Waals surface area contributed by atoms with Gasteiger partial charge in [0, 0.05) is 19.6 Å². The number of nitrogens with zero attached hydrogens (tertiary/aromatic N) is 2. The maximum Gasteiger partial charge on any atom is 0.245 e. The molecule has 0 bridgehead atoms. The van der Waals surface area contributed by atoms with Crippen LogP contribution in [0.15, 0.2) is 0 Å². The van der Waals surface area contributed by atoms with Gasteiger partial charge in [0.1, 0.15) is 6.04 Å². The number of hydrogen-bond acceptors (Lipinski definition) is 2. The quantitative estimate of drug-likeness (QED) is 0.727. The van der Waals surface area contributed by atoms with E-state index in [1.54, 1.807) is 4.90 Å². The summed E-state index contributed by atoms with van der Waals surface area (Å²) in [7, 11) is 0. The van der Waals surface area contributed by atoms with Gasteiger partial charge in [-0.2, -0.15) is 0 Å². The van der Waals surface area contributed by atoms with E-state index in [9.17, 15) is 9.59 Å². The molecule has 0 unspecified atom stereocenters. The van der Waals surface area contributed by atoms with Crippen molar-refractivity contribution < 1.29 is 9.59 Å². The number of piperidine rings is 1. The molecule has 5 heteroatoms.